The van der Waals surface area contributed by atoms with Crippen LogP contribution in [0.3, 0.4) is 0 Å². The van der Waals surface area contributed by atoms with Crippen molar-refractivity contribution in [2.75, 3.05) is 0 Å². The molecule has 2 fully saturated rings. The van der Waals surface area contributed by atoms with Crippen LogP contribution in [0, 0.1) is 35.5 Å². The number of aliphatic hydroxyl groups excluding tert-OH is 1. The van der Waals surface area contributed by atoms with Crippen LogP contribution in [0.1, 0.15) is 53.4 Å². The Hall–Kier alpha value is -0.0900. The van der Waals surface area contributed by atoms with Crippen LogP contribution in [0.2, 0.25) is 0 Å². The third-order valence-electron chi connectivity index (χ3n) is 7.45. The molecule has 2 heterocycles. The van der Waals surface area contributed by atoms with E-state index in [4.69, 9.17) is 0 Å². The quantitative estimate of drug-likeness (QED) is 0.697. The van der Waals surface area contributed by atoms with E-state index >= 15 is 0 Å². The summed E-state index contributed by atoms with van der Waals surface area (Å²) in [5, 5.41) is 11.7. The minimum atomic E-state index is -2.67. The summed E-state index contributed by atoms with van der Waals surface area (Å²) in [6.07, 6.45) is 0.556. The Morgan fingerprint density at radius 3 is 2.43 bits per heavy atom. The molecule has 4 heteroatoms. The fraction of sp³-hybridized carbons (Fsp3) is 0.895. The fourth-order valence-electron chi connectivity index (χ4n) is 5.30. The van der Waals surface area contributed by atoms with Crippen molar-refractivity contribution in [3.8, 4) is 0 Å². The van der Waals surface area contributed by atoms with Gasteiger partial charge in [0.05, 0.1) is 0 Å². The number of hydrogen-bond acceptors (Lipinski definition) is 2. The normalized spacial score (nSPS) is 48.4. The summed E-state index contributed by atoms with van der Waals surface area (Å²) in [7, 11) is 0. The van der Waals surface area contributed by atoms with E-state index in [-0.39, 0.29) is 10.7 Å². The molecule has 0 radical (unpaired) electrons. The second kappa shape index (κ2) is 6.33. The lowest BCUT2D eigenvalue weighted by Crippen LogP contribution is -2.58. The maximum absolute atomic E-state index is 12.9. The molecule has 2 aliphatic heterocycles. The molecule has 0 saturated heterocycles. The van der Waals surface area contributed by atoms with Crippen LogP contribution >= 0.6 is 11.8 Å². The van der Waals surface area contributed by atoms with Gasteiger partial charge in [0.1, 0.15) is 6.10 Å². The number of hydrogen-bond donors (Lipinski definition) is 1. The molecule has 132 valence electrons. The largest absolute Gasteiger partial charge is 0.383 e. The first kappa shape index (κ1) is 17.7. The molecule has 0 amide bonds. The second-order valence-electron chi connectivity index (χ2n) is 8.39. The summed E-state index contributed by atoms with van der Waals surface area (Å²) in [6, 6.07) is 0. The zero-order valence-corrected chi connectivity index (χ0v) is 15.5. The second-order valence-corrected chi connectivity index (χ2v) is 9.62. The minimum absolute atomic E-state index is 0.161. The van der Waals surface area contributed by atoms with Crippen LogP contribution in [0.25, 0.3) is 0 Å². The van der Waals surface area contributed by atoms with Gasteiger partial charge in [0.15, 0.2) is 0 Å². The van der Waals surface area contributed by atoms with Crippen LogP contribution in [-0.4, -0.2) is 22.4 Å². The van der Waals surface area contributed by atoms with Gasteiger partial charge in [-0.25, -0.2) is 8.78 Å². The number of alkyl halides is 2. The average Bonchev–Trinajstić information content (AvgIpc) is 2.66. The summed E-state index contributed by atoms with van der Waals surface area (Å²) in [5.41, 5.74) is 0.586. The first-order valence-corrected chi connectivity index (χ1v) is 10.00. The molecule has 2 bridgehead atoms. The molecular formula is C19H30F2OS. The molecule has 1 nitrogen and oxygen atoms in total. The molecular weight excluding hydrogens is 314 g/mol. The molecule has 8 atom stereocenters. The summed E-state index contributed by atoms with van der Waals surface area (Å²) in [6.45, 7) is 9.35. The van der Waals surface area contributed by atoms with Crippen molar-refractivity contribution in [3.05, 3.63) is 11.0 Å². The van der Waals surface area contributed by atoms with Crippen LogP contribution in [0.15, 0.2) is 11.0 Å². The predicted molar refractivity (Wildman–Crippen MR) is 92.5 cm³/mol. The fourth-order valence-corrected chi connectivity index (χ4v) is 7.03. The van der Waals surface area contributed by atoms with E-state index in [1.807, 2.05) is 5.41 Å². The Bertz CT molecular complexity index is 480. The van der Waals surface area contributed by atoms with E-state index in [1.165, 1.54) is 19.3 Å². The van der Waals surface area contributed by atoms with Gasteiger partial charge in [-0.05, 0) is 65.8 Å². The van der Waals surface area contributed by atoms with Gasteiger partial charge in [-0.1, -0.05) is 34.1 Å². The molecule has 1 N–H and O–H groups in total. The van der Waals surface area contributed by atoms with Gasteiger partial charge >= 0.3 is 0 Å². The van der Waals surface area contributed by atoms with E-state index in [0.717, 1.165) is 24.2 Å². The zero-order valence-electron chi connectivity index (χ0n) is 14.6. The van der Waals surface area contributed by atoms with E-state index in [2.05, 4.69) is 27.7 Å². The van der Waals surface area contributed by atoms with Gasteiger partial charge in [0.25, 0.3) is 6.43 Å². The third-order valence-corrected chi connectivity index (χ3v) is 9.15. The van der Waals surface area contributed by atoms with Crippen molar-refractivity contribution in [3.63, 3.8) is 0 Å². The van der Waals surface area contributed by atoms with Crippen molar-refractivity contribution in [1.29, 1.82) is 0 Å². The van der Waals surface area contributed by atoms with Gasteiger partial charge in [-0.3, -0.25) is 0 Å². The Morgan fingerprint density at radius 2 is 1.87 bits per heavy atom. The number of fused-ring (bicyclic) bond motifs is 1. The smallest absolute Gasteiger partial charge is 0.267 e. The Labute approximate surface area is 143 Å². The lowest BCUT2D eigenvalue weighted by atomic mass is 9.55. The zero-order chi connectivity index (χ0) is 16.9. The standard InChI is InChI=1S/C19H30F2OS/c1-10-5-6-14(7-11(2)12(10)3)19-8-15(13(19)4)16(9-23-19)17(22)18(20)21/h9-15,17-18,22H,5-8H2,1-4H3/t10-,11?,12?,13?,14-,15?,17-,19?/m1/s1. The molecule has 0 spiro atoms. The van der Waals surface area contributed by atoms with Crippen molar-refractivity contribution >= 4 is 11.8 Å². The van der Waals surface area contributed by atoms with E-state index in [0.29, 0.717) is 17.4 Å². The van der Waals surface area contributed by atoms with Crippen LogP contribution < -0.4 is 0 Å². The molecule has 5 unspecified atom stereocenters. The van der Waals surface area contributed by atoms with Gasteiger partial charge in [-0.15, -0.1) is 11.8 Å². The SMILES string of the molecule is CC1C[C@H](C23CC(C([C@@H](O)C(F)F)=CS2)C3C)CC[C@@H](C)C1C. The highest BCUT2D eigenvalue weighted by Gasteiger charge is 2.60. The predicted octanol–water partition coefficient (Wildman–Crippen LogP) is 5.35. The Kier molecular flexibility index (Phi) is 4.88. The van der Waals surface area contributed by atoms with Gasteiger partial charge in [-0.2, -0.15) is 0 Å². The monoisotopic (exact) mass is 344 g/mol. The number of rotatable bonds is 3. The Morgan fingerprint density at radius 1 is 1.17 bits per heavy atom. The van der Waals surface area contributed by atoms with Gasteiger partial charge in [0, 0.05) is 4.75 Å². The summed E-state index contributed by atoms with van der Waals surface area (Å²) >= 11 is 1.76. The molecule has 2 aliphatic carbocycles. The van der Waals surface area contributed by atoms with Crippen molar-refractivity contribution in [2.24, 2.45) is 35.5 Å². The van der Waals surface area contributed by atoms with Gasteiger partial charge in [0.2, 0.25) is 0 Å². The highest BCUT2D eigenvalue weighted by molar-refractivity contribution is 8.03. The maximum Gasteiger partial charge on any atom is 0.267 e. The van der Waals surface area contributed by atoms with Crippen LogP contribution in [0.5, 0.6) is 0 Å². The average molecular weight is 345 g/mol. The number of aliphatic hydroxyl groups is 1. The summed E-state index contributed by atoms with van der Waals surface area (Å²) < 4.78 is 26.0. The van der Waals surface area contributed by atoms with E-state index < -0.39 is 12.5 Å². The molecule has 4 aliphatic rings. The van der Waals surface area contributed by atoms with Gasteiger partial charge < -0.3 is 5.11 Å². The third kappa shape index (κ3) is 2.78. The lowest BCUT2D eigenvalue weighted by Gasteiger charge is -2.61. The van der Waals surface area contributed by atoms with Crippen LogP contribution in [0.4, 0.5) is 8.78 Å². The van der Waals surface area contributed by atoms with E-state index in [9.17, 15) is 13.9 Å². The first-order chi connectivity index (χ1) is 10.8. The highest BCUT2D eigenvalue weighted by atomic mass is 32.2. The topological polar surface area (TPSA) is 20.2 Å². The molecule has 0 aromatic carbocycles. The van der Waals surface area contributed by atoms with Crippen molar-refractivity contribution in [2.45, 2.75) is 70.7 Å². The molecule has 0 aromatic heterocycles. The molecule has 0 aromatic rings. The summed E-state index contributed by atoms with van der Waals surface area (Å²) in [5.74, 6) is 3.52. The van der Waals surface area contributed by atoms with E-state index in [1.54, 1.807) is 11.8 Å². The minimum Gasteiger partial charge on any atom is -0.383 e. The number of thioether (sulfide) groups is 1. The van der Waals surface area contributed by atoms with Crippen molar-refractivity contribution in [1.82, 2.24) is 0 Å². The maximum atomic E-state index is 12.9. The summed E-state index contributed by atoms with van der Waals surface area (Å²) in [4.78, 5) is 0. The van der Waals surface area contributed by atoms with Crippen LogP contribution in [-0.2, 0) is 0 Å². The van der Waals surface area contributed by atoms with Crippen molar-refractivity contribution < 1.29 is 13.9 Å². The molecule has 23 heavy (non-hydrogen) atoms. The Balaban J connectivity index is 1.78. The number of halogens is 2. The molecule has 4 rings (SSSR count). The lowest BCUT2D eigenvalue weighted by molar-refractivity contribution is -0.00886. The first-order valence-electron chi connectivity index (χ1n) is 9.12. The highest BCUT2D eigenvalue weighted by Crippen LogP contribution is 2.66. The molecule has 2 saturated carbocycles.